The van der Waals surface area contributed by atoms with E-state index < -0.39 is 0 Å². The first-order valence-electron chi connectivity index (χ1n) is 17.0. The molecule has 1 aromatic heterocycles. The van der Waals surface area contributed by atoms with Gasteiger partial charge in [0.15, 0.2) is 5.82 Å². The minimum atomic E-state index is 0.725. The van der Waals surface area contributed by atoms with Gasteiger partial charge >= 0.3 is 0 Å². The summed E-state index contributed by atoms with van der Waals surface area (Å²) in [5.41, 5.74) is 8.65. The fourth-order valence-corrected chi connectivity index (χ4v) is 7.47. The molecule has 0 saturated carbocycles. The van der Waals surface area contributed by atoms with Gasteiger partial charge in [0, 0.05) is 44.6 Å². The Hall–Kier alpha value is -6.56. The average Bonchev–Trinajstić information content (AvgIpc) is 3.70. The van der Waals surface area contributed by atoms with Crippen molar-refractivity contribution in [1.82, 2.24) is 9.36 Å². The monoisotopic (exact) mass is 672 g/mol. The van der Waals surface area contributed by atoms with E-state index in [1.165, 1.54) is 33.1 Å². The summed E-state index contributed by atoms with van der Waals surface area (Å²) in [5.74, 6) is 0.725. The van der Waals surface area contributed by atoms with E-state index >= 15 is 0 Å². The maximum absolute atomic E-state index is 4.99. The number of aromatic nitrogens is 2. The summed E-state index contributed by atoms with van der Waals surface area (Å²) >= 11 is 1.43. The molecule has 0 aliphatic carbocycles. The number of fused-ring (bicyclic) bond motifs is 2. The summed E-state index contributed by atoms with van der Waals surface area (Å²) in [4.78, 5) is 9.62. The van der Waals surface area contributed by atoms with Gasteiger partial charge in [-0.1, -0.05) is 109 Å². The predicted molar refractivity (Wildman–Crippen MR) is 215 cm³/mol. The zero-order chi connectivity index (χ0) is 34.0. The van der Waals surface area contributed by atoms with Crippen molar-refractivity contribution in [3.05, 3.63) is 194 Å². The number of rotatable bonds is 8. The van der Waals surface area contributed by atoms with E-state index in [1.54, 1.807) is 0 Å². The molecule has 0 aliphatic rings. The Labute approximate surface area is 301 Å². The number of anilines is 6. The average molecular weight is 673 g/mol. The Kier molecular flexibility index (Phi) is 8.01. The molecule has 9 aromatic rings. The van der Waals surface area contributed by atoms with Crippen molar-refractivity contribution < 1.29 is 0 Å². The van der Waals surface area contributed by atoms with Crippen LogP contribution in [-0.2, 0) is 0 Å². The molecule has 0 bridgehead atoms. The van der Waals surface area contributed by atoms with Crippen molar-refractivity contribution in [1.29, 1.82) is 0 Å². The van der Waals surface area contributed by atoms with Crippen LogP contribution in [0.4, 0.5) is 34.1 Å². The fraction of sp³-hybridized carbons (Fsp3) is 0. The Bertz CT molecular complexity index is 2450. The zero-order valence-electron chi connectivity index (χ0n) is 27.7. The first-order valence-corrected chi connectivity index (χ1v) is 17.8. The highest BCUT2D eigenvalue weighted by atomic mass is 32.1. The third-order valence-electron chi connectivity index (χ3n) is 9.23. The van der Waals surface area contributed by atoms with Crippen LogP contribution in [0.2, 0.25) is 0 Å². The molecule has 9 rings (SSSR count). The number of hydrogen-bond acceptors (Lipinski definition) is 5. The van der Waals surface area contributed by atoms with Crippen molar-refractivity contribution in [3.8, 4) is 22.0 Å². The van der Waals surface area contributed by atoms with Crippen LogP contribution < -0.4 is 9.80 Å². The lowest BCUT2D eigenvalue weighted by Crippen LogP contribution is -2.11. The second-order valence-corrected chi connectivity index (χ2v) is 13.1. The molecule has 0 N–H and O–H groups in total. The second kappa shape index (κ2) is 13.4. The molecule has 0 aliphatic heterocycles. The number of hydrogen-bond donors (Lipinski definition) is 0. The normalized spacial score (nSPS) is 11.1. The van der Waals surface area contributed by atoms with E-state index in [0.717, 1.165) is 56.1 Å². The van der Waals surface area contributed by atoms with Gasteiger partial charge in [-0.2, -0.15) is 4.37 Å². The summed E-state index contributed by atoms with van der Waals surface area (Å²) in [7, 11) is 0. The summed E-state index contributed by atoms with van der Waals surface area (Å²) in [5, 5.41) is 5.70. The molecule has 0 amide bonds. The van der Waals surface area contributed by atoms with Crippen LogP contribution >= 0.6 is 11.5 Å². The molecule has 0 radical (unpaired) electrons. The molecular weight excluding hydrogens is 641 g/mol. The smallest absolute Gasteiger partial charge is 0.173 e. The van der Waals surface area contributed by atoms with Gasteiger partial charge in [-0.05, 0) is 107 Å². The molecule has 242 valence electrons. The van der Waals surface area contributed by atoms with Crippen LogP contribution in [0, 0.1) is 0 Å². The molecule has 0 unspecified atom stereocenters. The quantitative estimate of drug-likeness (QED) is 0.161. The number of nitrogens with zero attached hydrogens (tertiary/aromatic N) is 4. The first-order chi connectivity index (χ1) is 25.3. The van der Waals surface area contributed by atoms with Crippen molar-refractivity contribution >= 4 is 67.2 Å². The maximum Gasteiger partial charge on any atom is 0.173 e. The number of benzene rings is 8. The summed E-state index contributed by atoms with van der Waals surface area (Å²) < 4.78 is 4.79. The number of para-hydroxylation sites is 2. The van der Waals surface area contributed by atoms with Gasteiger partial charge in [-0.25, -0.2) is 4.98 Å². The van der Waals surface area contributed by atoms with Gasteiger partial charge in [0.05, 0.1) is 11.4 Å². The highest BCUT2D eigenvalue weighted by molar-refractivity contribution is 7.09. The van der Waals surface area contributed by atoms with Gasteiger partial charge in [0.1, 0.15) is 5.01 Å². The van der Waals surface area contributed by atoms with Crippen molar-refractivity contribution in [2.24, 2.45) is 0 Å². The third kappa shape index (κ3) is 5.90. The Morgan fingerprint density at radius 1 is 0.353 bits per heavy atom. The van der Waals surface area contributed by atoms with Gasteiger partial charge in [-0.3, -0.25) is 0 Å². The molecule has 0 fully saturated rings. The Morgan fingerprint density at radius 3 is 1.33 bits per heavy atom. The van der Waals surface area contributed by atoms with E-state index in [9.17, 15) is 0 Å². The lowest BCUT2D eigenvalue weighted by molar-refractivity contribution is 1.28. The van der Waals surface area contributed by atoms with Crippen LogP contribution in [0.5, 0.6) is 0 Å². The summed E-state index contributed by atoms with van der Waals surface area (Å²) in [6, 6.07) is 68.3. The van der Waals surface area contributed by atoms with Gasteiger partial charge in [-0.15, -0.1) is 0 Å². The van der Waals surface area contributed by atoms with E-state index in [-0.39, 0.29) is 0 Å². The predicted octanol–water partition coefficient (Wildman–Crippen LogP) is 13.1. The topological polar surface area (TPSA) is 32.3 Å². The van der Waals surface area contributed by atoms with Crippen LogP contribution in [0.3, 0.4) is 0 Å². The molecule has 4 nitrogen and oxygen atoms in total. The Morgan fingerprint density at radius 2 is 0.784 bits per heavy atom. The highest BCUT2D eigenvalue weighted by Gasteiger charge is 2.19. The van der Waals surface area contributed by atoms with Gasteiger partial charge in [0.2, 0.25) is 0 Å². The second-order valence-electron chi connectivity index (χ2n) is 12.4. The maximum atomic E-state index is 4.99. The highest BCUT2D eigenvalue weighted by Crippen LogP contribution is 2.42. The van der Waals surface area contributed by atoms with Crippen LogP contribution in [0.1, 0.15) is 0 Å². The van der Waals surface area contributed by atoms with Crippen molar-refractivity contribution in [2.75, 3.05) is 9.80 Å². The standard InChI is InChI=1S/C46H32N4S/c1-3-17-37(18-4-1)49(38-19-5-2-6-20-38)39-31-27-36(28-32-39)46-47-45(48-51-46)35-25-29-40(30-26-35)50(43-23-11-15-33-13-7-9-21-41(33)43)44-24-12-16-34-14-8-10-22-42(34)44/h1-32H. The van der Waals surface area contributed by atoms with E-state index in [1.807, 2.05) is 12.1 Å². The van der Waals surface area contributed by atoms with Crippen LogP contribution in [-0.4, -0.2) is 9.36 Å². The van der Waals surface area contributed by atoms with E-state index in [2.05, 4.69) is 192 Å². The van der Waals surface area contributed by atoms with E-state index in [0.29, 0.717) is 0 Å². The third-order valence-corrected chi connectivity index (χ3v) is 9.99. The lowest BCUT2D eigenvalue weighted by Gasteiger charge is -2.28. The van der Waals surface area contributed by atoms with Gasteiger partial charge < -0.3 is 9.80 Å². The van der Waals surface area contributed by atoms with Crippen LogP contribution in [0.15, 0.2) is 194 Å². The van der Waals surface area contributed by atoms with Crippen LogP contribution in [0.25, 0.3) is 43.5 Å². The first kappa shape index (κ1) is 30.5. The summed E-state index contributed by atoms with van der Waals surface area (Å²) in [6.07, 6.45) is 0. The molecular formula is C46H32N4S. The molecule has 8 aromatic carbocycles. The molecule has 0 spiro atoms. The molecule has 51 heavy (non-hydrogen) atoms. The Balaban J connectivity index is 1.04. The van der Waals surface area contributed by atoms with Crippen molar-refractivity contribution in [3.63, 3.8) is 0 Å². The molecule has 0 saturated heterocycles. The van der Waals surface area contributed by atoms with Gasteiger partial charge in [0.25, 0.3) is 0 Å². The lowest BCUT2D eigenvalue weighted by atomic mass is 10.0. The fourth-order valence-electron chi connectivity index (χ4n) is 6.79. The largest absolute Gasteiger partial charge is 0.311 e. The minimum absolute atomic E-state index is 0.725. The van der Waals surface area contributed by atoms with E-state index in [4.69, 9.17) is 9.36 Å². The molecule has 1 heterocycles. The SMILES string of the molecule is c1ccc(N(c2ccccc2)c2ccc(-c3nc(-c4ccc(N(c5cccc6ccccc56)c5cccc6ccccc56)cc4)ns3)cc2)cc1. The molecule has 0 atom stereocenters. The molecule has 5 heteroatoms. The minimum Gasteiger partial charge on any atom is -0.311 e. The zero-order valence-corrected chi connectivity index (χ0v) is 28.5. The van der Waals surface area contributed by atoms with Crippen molar-refractivity contribution in [2.45, 2.75) is 0 Å². The summed E-state index contributed by atoms with van der Waals surface area (Å²) in [6.45, 7) is 0.